The lowest BCUT2D eigenvalue weighted by Gasteiger charge is -2.39. The number of rotatable bonds is 5. The van der Waals surface area contributed by atoms with Gasteiger partial charge in [0.15, 0.2) is 0 Å². The molecule has 0 bridgehead atoms. The van der Waals surface area contributed by atoms with E-state index in [0.29, 0.717) is 37.2 Å². The van der Waals surface area contributed by atoms with Crippen LogP contribution >= 0.6 is 0 Å². The first kappa shape index (κ1) is 23.0. The van der Waals surface area contributed by atoms with E-state index in [4.69, 9.17) is 0 Å². The van der Waals surface area contributed by atoms with Crippen LogP contribution in [0.5, 0.6) is 0 Å². The van der Waals surface area contributed by atoms with E-state index in [2.05, 4.69) is 10.3 Å². The van der Waals surface area contributed by atoms with Crippen LogP contribution in [0.3, 0.4) is 0 Å². The summed E-state index contributed by atoms with van der Waals surface area (Å²) in [5.41, 5.74) is -1.01. The molecule has 2 aliphatic rings. The zero-order chi connectivity index (χ0) is 22.3. The van der Waals surface area contributed by atoms with E-state index in [1.165, 1.54) is 0 Å². The number of hydrogen-bond donors (Lipinski definition) is 2. The number of aromatic nitrogens is 1. The Morgan fingerprint density at radius 3 is 2.70 bits per heavy atom. The predicted octanol–water partition coefficient (Wildman–Crippen LogP) is 3.54. The monoisotopic (exact) mass is 427 g/mol. The first-order valence-electron chi connectivity index (χ1n) is 10.6. The predicted molar refractivity (Wildman–Crippen MR) is 108 cm³/mol. The van der Waals surface area contributed by atoms with E-state index in [0.717, 1.165) is 25.1 Å². The van der Waals surface area contributed by atoms with E-state index in [1.807, 2.05) is 13.8 Å². The van der Waals surface area contributed by atoms with Crippen LogP contribution in [0, 0.1) is 11.3 Å². The summed E-state index contributed by atoms with van der Waals surface area (Å²) in [5, 5.41) is 13.4. The van der Waals surface area contributed by atoms with Gasteiger partial charge in [-0.3, -0.25) is 9.78 Å². The standard InChI is InChI=1S/C22H32F3N3O2/c1-14(2)21(7-5-17(10-21)27-13-20(3,4)30)19(29)28-8-6-18-15(12-28)9-16(11-26-18)22(23,24)25/h9,11,14,17,27,30H,5-8,10,12-13H2,1-4H3/t17-,21+/m1/s1. The Balaban J connectivity index is 1.76. The highest BCUT2D eigenvalue weighted by molar-refractivity contribution is 5.83. The fourth-order valence-corrected chi connectivity index (χ4v) is 4.68. The maximum atomic E-state index is 13.6. The van der Waals surface area contributed by atoms with Crippen molar-refractivity contribution in [2.75, 3.05) is 13.1 Å². The van der Waals surface area contributed by atoms with Gasteiger partial charge in [-0.15, -0.1) is 0 Å². The molecule has 1 saturated carbocycles. The molecule has 1 aliphatic carbocycles. The fourth-order valence-electron chi connectivity index (χ4n) is 4.68. The third kappa shape index (κ3) is 4.80. The summed E-state index contributed by atoms with van der Waals surface area (Å²) in [7, 11) is 0. The molecule has 5 nitrogen and oxygen atoms in total. The number of alkyl halides is 3. The van der Waals surface area contributed by atoms with Crippen LogP contribution in [0.15, 0.2) is 12.3 Å². The molecule has 8 heteroatoms. The minimum absolute atomic E-state index is 0.0214. The van der Waals surface area contributed by atoms with Gasteiger partial charge in [-0.25, -0.2) is 0 Å². The molecule has 3 rings (SSSR count). The van der Waals surface area contributed by atoms with Crippen molar-refractivity contribution in [1.29, 1.82) is 0 Å². The summed E-state index contributed by atoms with van der Waals surface area (Å²) in [5.74, 6) is 0.132. The van der Waals surface area contributed by atoms with Gasteiger partial charge in [-0.1, -0.05) is 13.8 Å². The van der Waals surface area contributed by atoms with E-state index in [1.54, 1.807) is 18.7 Å². The maximum Gasteiger partial charge on any atom is 0.417 e. The Morgan fingerprint density at radius 2 is 2.10 bits per heavy atom. The number of hydrogen-bond acceptors (Lipinski definition) is 4. The van der Waals surface area contributed by atoms with Gasteiger partial charge < -0.3 is 15.3 Å². The van der Waals surface area contributed by atoms with Crippen LogP contribution in [0.2, 0.25) is 0 Å². The number of nitrogens with one attached hydrogen (secondary N) is 1. The summed E-state index contributed by atoms with van der Waals surface area (Å²) in [4.78, 5) is 19.3. The van der Waals surface area contributed by atoms with Crippen molar-refractivity contribution in [1.82, 2.24) is 15.2 Å². The number of aliphatic hydroxyl groups is 1. The molecule has 30 heavy (non-hydrogen) atoms. The second kappa shape index (κ2) is 8.11. The molecule has 1 fully saturated rings. The van der Waals surface area contributed by atoms with Gasteiger partial charge in [0, 0.05) is 44.0 Å². The number of fused-ring (bicyclic) bond motifs is 1. The maximum absolute atomic E-state index is 13.6. The van der Waals surface area contributed by atoms with E-state index < -0.39 is 22.8 Å². The molecule has 2 N–H and O–H groups in total. The Morgan fingerprint density at radius 1 is 1.40 bits per heavy atom. The van der Waals surface area contributed by atoms with Crippen molar-refractivity contribution in [3.8, 4) is 0 Å². The van der Waals surface area contributed by atoms with Crippen molar-refractivity contribution < 1.29 is 23.1 Å². The molecule has 1 aromatic heterocycles. The SMILES string of the molecule is CC(C)[C@]1(C(=O)N2CCc3ncc(C(F)(F)F)cc3C2)CC[C@@H](NCC(C)(C)O)C1. The summed E-state index contributed by atoms with van der Waals surface area (Å²) < 4.78 is 39.2. The van der Waals surface area contributed by atoms with Gasteiger partial charge in [0.2, 0.25) is 5.91 Å². The number of carbonyl (C=O) groups excluding carboxylic acids is 1. The van der Waals surface area contributed by atoms with Gasteiger partial charge in [0.1, 0.15) is 0 Å². The Bertz CT molecular complexity index is 789. The molecule has 2 heterocycles. The fraction of sp³-hybridized carbons (Fsp3) is 0.727. The van der Waals surface area contributed by atoms with Gasteiger partial charge in [0.05, 0.1) is 16.6 Å². The number of pyridine rings is 1. The summed E-state index contributed by atoms with van der Waals surface area (Å²) in [6.45, 7) is 8.65. The van der Waals surface area contributed by atoms with E-state index in [9.17, 15) is 23.1 Å². The van der Waals surface area contributed by atoms with Crippen molar-refractivity contribution in [2.24, 2.45) is 11.3 Å². The normalized spacial score (nSPS) is 25.0. The summed E-state index contributed by atoms with van der Waals surface area (Å²) in [6.07, 6.45) is -0.862. The lowest BCUT2D eigenvalue weighted by molar-refractivity contribution is -0.145. The van der Waals surface area contributed by atoms with E-state index >= 15 is 0 Å². The molecule has 1 aliphatic heterocycles. The van der Waals surface area contributed by atoms with Gasteiger partial charge in [-0.2, -0.15) is 13.2 Å². The van der Waals surface area contributed by atoms with Crippen molar-refractivity contribution in [3.05, 3.63) is 29.1 Å². The van der Waals surface area contributed by atoms with Crippen LogP contribution < -0.4 is 5.32 Å². The lowest BCUT2D eigenvalue weighted by Crippen LogP contribution is -2.48. The van der Waals surface area contributed by atoms with Gasteiger partial charge >= 0.3 is 6.18 Å². The highest BCUT2D eigenvalue weighted by Gasteiger charge is 2.49. The number of carbonyl (C=O) groups is 1. The molecule has 1 amide bonds. The molecule has 0 spiro atoms. The molecule has 0 saturated heterocycles. The summed E-state index contributed by atoms with van der Waals surface area (Å²) in [6, 6.07) is 1.27. The molecule has 0 aromatic carbocycles. The topological polar surface area (TPSA) is 65.5 Å². The first-order valence-corrected chi connectivity index (χ1v) is 10.6. The van der Waals surface area contributed by atoms with Crippen LogP contribution in [0.1, 0.15) is 63.8 Å². The second-order valence-corrected chi connectivity index (χ2v) is 9.75. The molecule has 0 unspecified atom stereocenters. The van der Waals surface area contributed by atoms with Crippen LogP contribution in [0.25, 0.3) is 0 Å². The third-order valence-electron chi connectivity index (χ3n) is 6.56. The van der Waals surface area contributed by atoms with Crippen LogP contribution in [-0.4, -0.2) is 45.6 Å². The molecular weight excluding hydrogens is 395 g/mol. The highest BCUT2D eigenvalue weighted by atomic mass is 19.4. The Kier molecular flexibility index (Phi) is 6.22. The largest absolute Gasteiger partial charge is 0.417 e. The average molecular weight is 428 g/mol. The molecule has 0 radical (unpaired) electrons. The molecular formula is C22H32F3N3O2. The first-order chi connectivity index (χ1) is 13.8. The second-order valence-electron chi connectivity index (χ2n) is 9.75. The van der Waals surface area contributed by atoms with Crippen molar-refractivity contribution in [2.45, 2.75) is 77.7 Å². The molecule has 1 aromatic rings. The quantitative estimate of drug-likeness (QED) is 0.755. The van der Waals surface area contributed by atoms with Crippen LogP contribution in [-0.2, 0) is 23.9 Å². The number of halogens is 3. The third-order valence-corrected chi connectivity index (χ3v) is 6.56. The van der Waals surface area contributed by atoms with E-state index in [-0.39, 0.29) is 24.4 Å². The minimum Gasteiger partial charge on any atom is -0.389 e. The lowest BCUT2D eigenvalue weighted by atomic mass is 9.74. The van der Waals surface area contributed by atoms with Crippen molar-refractivity contribution in [3.63, 3.8) is 0 Å². The molecule has 168 valence electrons. The Labute approximate surface area is 176 Å². The average Bonchev–Trinajstić information content (AvgIpc) is 3.09. The van der Waals surface area contributed by atoms with Crippen molar-refractivity contribution >= 4 is 5.91 Å². The highest BCUT2D eigenvalue weighted by Crippen LogP contribution is 2.46. The minimum atomic E-state index is -4.45. The molecule has 2 atom stereocenters. The van der Waals surface area contributed by atoms with Gasteiger partial charge in [-0.05, 0) is 50.7 Å². The number of nitrogens with zero attached hydrogens (tertiary/aromatic N) is 2. The van der Waals surface area contributed by atoms with Crippen LogP contribution in [0.4, 0.5) is 13.2 Å². The summed E-state index contributed by atoms with van der Waals surface area (Å²) >= 11 is 0. The zero-order valence-electron chi connectivity index (χ0n) is 18.1. The number of amides is 1. The van der Waals surface area contributed by atoms with Gasteiger partial charge in [0.25, 0.3) is 0 Å². The zero-order valence-corrected chi connectivity index (χ0v) is 18.1. The Hall–Kier alpha value is -1.67. The smallest absolute Gasteiger partial charge is 0.389 e.